The highest BCUT2D eigenvalue weighted by Crippen LogP contribution is 2.53. The summed E-state index contributed by atoms with van der Waals surface area (Å²) in [5.41, 5.74) is 5.05. The third kappa shape index (κ3) is 6.11. The summed E-state index contributed by atoms with van der Waals surface area (Å²) in [6.07, 6.45) is 11.2. The fraction of sp³-hybridized carbons (Fsp3) is 0.667. The number of likely N-dealkylation sites (tertiary alicyclic amines) is 1. The molecule has 0 radical (unpaired) electrons. The van der Waals surface area contributed by atoms with E-state index in [1.54, 1.807) is 11.1 Å². The van der Waals surface area contributed by atoms with Crippen LogP contribution in [0.15, 0.2) is 48.5 Å². The minimum Gasteiger partial charge on any atom is -0.409 e. The van der Waals surface area contributed by atoms with Gasteiger partial charge in [0.15, 0.2) is 0 Å². The average molecular weight is 589 g/mol. The van der Waals surface area contributed by atoms with E-state index in [-0.39, 0.29) is 0 Å². The van der Waals surface area contributed by atoms with Crippen molar-refractivity contribution >= 4 is 17.9 Å². The average Bonchev–Trinajstić information content (AvgIpc) is 3.64. The Hall–Kier alpha value is -1.73. The number of hydrogen-bond acceptors (Lipinski definition) is 6. The number of hydrogen-bond donors (Lipinski definition) is 0. The predicted octanol–water partition coefficient (Wildman–Crippen LogP) is 7.08. The molecule has 0 N–H and O–H groups in total. The first-order valence-electron chi connectivity index (χ1n) is 17.0. The molecule has 1 unspecified atom stereocenters. The second-order valence-corrected chi connectivity index (χ2v) is 15.2. The summed E-state index contributed by atoms with van der Waals surface area (Å²) in [6.45, 7) is 13.3. The Morgan fingerprint density at radius 2 is 1.57 bits per heavy atom. The van der Waals surface area contributed by atoms with Crippen LogP contribution in [0.2, 0.25) is 0 Å². The molecule has 2 aromatic rings. The number of anilines is 1. The first kappa shape index (κ1) is 29.0. The van der Waals surface area contributed by atoms with Gasteiger partial charge in [0.25, 0.3) is 0 Å². The van der Waals surface area contributed by atoms with Crippen molar-refractivity contribution in [2.45, 2.75) is 70.3 Å². The molecule has 228 valence electrons. The minimum absolute atomic E-state index is 0.363. The third-order valence-corrected chi connectivity index (χ3v) is 12.1. The molecule has 0 amide bonds. The zero-order valence-corrected chi connectivity index (χ0v) is 26.9. The topological polar surface area (TPSA) is 22.2 Å². The third-order valence-electron chi connectivity index (χ3n) is 11.4. The molecular formula is C36H52N4OS. The van der Waals surface area contributed by atoms with E-state index >= 15 is 0 Å². The highest BCUT2D eigenvalue weighted by atomic mass is 32.2. The van der Waals surface area contributed by atoms with E-state index in [9.17, 15) is 0 Å². The van der Waals surface area contributed by atoms with Gasteiger partial charge in [0, 0.05) is 63.3 Å². The van der Waals surface area contributed by atoms with Gasteiger partial charge in [-0.1, -0.05) is 44.0 Å². The van der Waals surface area contributed by atoms with Gasteiger partial charge in [0.2, 0.25) is 0 Å². The van der Waals surface area contributed by atoms with Crippen molar-refractivity contribution in [2.75, 3.05) is 64.3 Å². The smallest absolute Gasteiger partial charge is 0.146 e. The molecule has 0 spiro atoms. The molecule has 2 aromatic carbocycles. The molecule has 5 aliphatic rings. The molecular weight excluding hydrogens is 536 g/mol. The molecule has 1 atom stereocenters. The van der Waals surface area contributed by atoms with Crippen LogP contribution in [0.1, 0.15) is 69.4 Å². The molecule has 5 nitrogen and oxygen atoms in total. The van der Waals surface area contributed by atoms with Gasteiger partial charge in [-0.15, -0.1) is 0 Å². The van der Waals surface area contributed by atoms with E-state index in [0.29, 0.717) is 5.41 Å². The van der Waals surface area contributed by atoms with Crippen LogP contribution in [-0.2, 0) is 12.0 Å². The van der Waals surface area contributed by atoms with Crippen molar-refractivity contribution in [1.82, 2.24) is 14.1 Å². The van der Waals surface area contributed by atoms with Gasteiger partial charge in [-0.2, -0.15) is 0 Å². The van der Waals surface area contributed by atoms with Crippen molar-refractivity contribution in [1.29, 1.82) is 0 Å². The van der Waals surface area contributed by atoms with Crippen LogP contribution < -0.4 is 9.08 Å². The van der Waals surface area contributed by atoms with Crippen LogP contribution in [0.25, 0.3) is 0 Å². The Kier molecular flexibility index (Phi) is 8.78. The number of nitrogens with zero attached hydrogens (tertiary/aromatic N) is 4. The molecule has 7 rings (SSSR count). The quantitative estimate of drug-likeness (QED) is 0.205. The van der Waals surface area contributed by atoms with Crippen LogP contribution >= 0.6 is 12.2 Å². The lowest BCUT2D eigenvalue weighted by molar-refractivity contribution is 0.0359. The Balaban J connectivity index is 0.918. The Morgan fingerprint density at radius 1 is 0.857 bits per heavy atom. The van der Waals surface area contributed by atoms with Crippen LogP contribution in [0.4, 0.5) is 5.69 Å². The van der Waals surface area contributed by atoms with Crippen molar-refractivity contribution in [3.05, 3.63) is 59.7 Å². The van der Waals surface area contributed by atoms with Gasteiger partial charge in [0.05, 0.1) is 0 Å². The fourth-order valence-electron chi connectivity index (χ4n) is 8.97. The van der Waals surface area contributed by atoms with Gasteiger partial charge in [-0.05, 0) is 111 Å². The summed E-state index contributed by atoms with van der Waals surface area (Å²) in [7, 11) is 2.13. The van der Waals surface area contributed by atoms with Crippen molar-refractivity contribution in [3.8, 4) is 5.75 Å². The van der Waals surface area contributed by atoms with Crippen LogP contribution in [0.5, 0.6) is 5.75 Å². The largest absolute Gasteiger partial charge is 0.409 e. The minimum atomic E-state index is 0.363. The SMILES string of the molecule is CCN1Cc2ccccc2C(C2CCCC2)(C2CCN(CC3CN(c4ccc(OSN(C)CC5CC5)cc4)C3)CC2)C1. The van der Waals surface area contributed by atoms with Crippen molar-refractivity contribution in [3.63, 3.8) is 0 Å². The number of rotatable bonds is 11. The van der Waals surface area contributed by atoms with Gasteiger partial charge in [-0.25, -0.2) is 4.31 Å². The maximum Gasteiger partial charge on any atom is 0.146 e. The van der Waals surface area contributed by atoms with E-state index in [0.717, 1.165) is 42.5 Å². The molecule has 2 saturated heterocycles. The first-order chi connectivity index (χ1) is 20.6. The molecule has 0 bridgehead atoms. The normalized spacial score (nSPS) is 26.5. The highest BCUT2D eigenvalue weighted by Gasteiger charge is 2.51. The summed E-state index contributed by atoms with van der Waals surface area (Å²) < 4.78 is 8.16. The van der Waals surface area contributed by atoms with E-state index in [1.807, 2.05) is 0 Å². The van der Waals surface area contributed by atoms with E-state index in [2.05, 4.69) is 81.5 Å². The maximum absolute atomic E-state index is 5.94. The maximum atomic E-state index is 5.94. The zero-order chi connectivity index (χ0) is 28.5. The van der Waals surface area contributed by atoms with Crippen LogP contribution in [0, 0.1) is 23.7 Å². The summed E-state index contributed by atoms with van der Waals surface area (Å²) >= 11 is 1.48. The van der Waals surface area contributed by atoms with Gasteiger partial charge in [0.1, 0.15) is 18.0 Å². The summed E-state index contributed by atoms with van der Waals surface area (Å²) in [5.74, 6) is 4.30. The highest BCUT2D eigenvalue weighted by molar-refractivity contribution is 7.92. The lowest BCUT2D eigenvalue weighted by atomic mass is 9.57. The van der Waals surface area contributed by atoms with Gasteiger partial charge < -0.3 is 14.0 Å². The van der Waals surface area contributed by atoms with Gasteiger partial charge >= 0.3 is 0 Å². The van der Waals surface area contributed by atoms with Crippen molar-refractivity contribution < 1.29 is 4.18 Å². The number of likely N-dealkylation sites (N-methyl/N-ethyl adjacent to an activating group) is 1. The van der Waals surface area contributed by atoms with E-state index in [4.69, 9.17) is 4.18 Å². The molecule has 3 heterocycles. The Bertz CT molecular complexity index is 1170. The molecule has 4 fully saturated rings. The molecule has 2 aliphatic carbocycles. The van der Waals surface area contributed by atoms with Crippen molar-refractivity contribution in [2.24, 2.45) is 23.7 Å². The lowest BCUT2D eigenvalue weighted by Crippen LogP contribution is -2.57. The standard InChI is InChI=1S/C36H52N4OS/c1-3-38-26-30-8-4-7-11-35(30)36(27-38,31-9-5-6-10-31)32-18-20-39(21-19-32)23-29-24-40(25-29)33-14-16-34(17-15-33)41-42-37(2)22-28-12-13-28/h4,7-8,11,14-17,28-29,31-32H,3,5-6,9-10,12-13,18-27H2,1-2H3. The molecule has 3 aliphatic heterocycles. The lowest BCUT2D eigenvalue weighted by Gasteiger charge is -2.54. The van der Waals surface area contributed by atoms with E-state index < -0.39 is 0 Å². The monoisotopic (exact) mass is 588 g/mol. The zero-order valence-electron chi connectivity index (χ0n) is 26.1. The number of piperidine rings is 1. The predicted molar refractivity (Wildman–Crippen MR) is 176 cm³/mol. The Labute approximate surface area is 259 Å². The summed E-state index contributed by atoms with van der Waals surface area (Å²) in [4.78, 5) is 8.11. The Morgan fingerprint density at radius 3 is 2.29 bits per heavy atom. The fourth-order valence-corrected chi connectivity index (χ4v) is 9.56. The van der Waals surface area contributed by atoms with Gasteiger partial charge in [-0.3, -0.25) is 4.90 Å². The molecule has 2 saturated carbocycles. The number of fused-ring (bicyclic) bond motifs is 1. The first-order valence-corrected chi connectivity index (χ1v) is 17.7. The summed E-state index contributed by atoms with van der Waals surface area (Å²) in [5, 5.41) is 0. The second kappa shape index (κ2) is 12.7. The van der Waals surface area contributed by atoms with Crippen LogP contribution in [-0.4, -0.2) is 73.5 Å². The van der Waals surface area contributed by atoms with Crippen LogP contribution in [0.3, 0.4) is 0 Å². The number of benzene rings is 2. The molecule has 42 heavy (non-hydrogen) atoms. The summed E-state index contributed by atoms with van der Waals surface area (Å²) in [6, 6.07) is 18.3. The molecule has 6 heteroatoms. The van der Waals surface area contributed by atoms with E-state index in [1.165, 1.54) is 115 Å². The molecule has 0 aromatic heterocycles. The second-order valence-electron chi connectivity index (χ2n) is 14.2.